The molecule has 0 aromatic carbocycles. The molecular weight excluding hydrogens is 350 g/mol. The number of aliphatic carboxylic acids is 1. The van der Waals surface area contributed by atoms with Crippen molar-refractivity contribution < 1.29 is 33.0 Å². The van der Waals surface area contributed by atoms with Gasteiger partial charge < -0.3 is 19.8 Å². The van der Waals surface area contributed by atoms with E-state index in [1.165, 1.54) is 4.90 Å². The summed E-state index contributed by atoms with van der Waals surface area (Å²) in [4.78, 5) is 25.5. The molecule has 0 spiro atoms. The average molecular weight is 377 g/mol. The maximum absolute atomic E-state index is 12.1. The van der Waals surface area contributed by atoms with Crippen LogP contribution in [0.1, 0.15) is 46.5 Å². The summed E-state index contributed by atoms with van der Waals surface area (Å²) in [6.45, 7) is 5.62. The fourth-order valence-electron chi connectivity index (χ4n) is 3.63. The molecule has 0 atom stereocenters. The molecule has 0 aromatic rings. The first-order valence-electron chi connectivity index (χ1n) is 8.44. The first kappa shape index (κ1) is 20.0. The van der Waals surface area contributed by atoms with Crippen molar-refractivity contribution >= 4 is 21.9 Å². The third-order valence-corrected chi connectivity index (χ3v) is 6.87. The summed E-state index contributed by atoms with van der Waals surface area (Å²) in [6, 6.07) is 0. The third kappa shape index (κ3) is 4.08. The Balaban J connectivity index is 2.12. The molecule has 0 aromatic heterocycles. The summed E-state index contributed by atoms with van der Waals surface area (Å²) in [7, 11) is -3.26. The summed E-state index contributed by atoms with van der Waals surface area (Å²) >= 11 is 0. The topological polar surface area (TPSA) is 121 Å². The Morgan fingerprint density at radius 2 is 1.52 bits per heavy atom. The van der Waals surface area contributed by atoms with E-state index in [4.69, 9.17) is 4.74 Å². The number of carboxylic acids is 1. The molecule has 2 fully saturated rings. The molecule has 0 radical (unpaired) electrons. The number of hydrogen-bond donors (Lipinski definition) is 2. The Morgan fingerprint density at radius 1 is 1.04 bits per heavy atom. The lowest BCUT2D eigenvalue weighted by Crippen LogP contribution is -2.61. The van der Waals surface area contributed by atoms with Gasteiger partial charge in [0, 0.05) is 13.1 Å². The Kier molecular flexibility index (Phi) is 5.13. The standard InChI is InChI=1S/C16H27NO7S/c1-14(2,3)24-13(20)17-8-4-16(21,5-9-17)15(12(18)19)6-10-25(22,23)11-7-15/h21H,4-11H2,1-3H3,(H,18,19). The molecule has 0 unspecified atom stereocenters. The number of carboxylic acid groups (broad SMARTS) is 1. The van der Waals surface area contributed by atoms with Crippen LogP contribution in [0.4, 0.5) is 4.79 Å². The molecule has 144 valence electrons. The van der Waals surface area contributed by atoms with Crippen LogP contribution in [0.25, 0.3) is 0 Å². The van der Waals surface area contributed by atoms with Crippen LogP contribution in [0, 0.1) is 5.41 Å². The van der Waals surface area contributed by atoms with Gasteiger partial charge in [-0.3, -0.25) is 4.79 Å². The number of piperidine rings is 1. The highest BCUT2D eigenvalue weighted by atomic mass is 32.2. The molecule has 25 heavy (non-hydrogen) atoms. The normalized spacial score (nSPS) is 25.2. The predicted octanol–water partition coefficient (Wildman–Crippen LogP) is 1.03. The van der Waals surface area contributed by atoms with E-state index < -0.39 is 38.5 Å². The molecule has 8 nitrogen and oxygen atoms in total. The number of rotatable bonds is 2. The second kappa shape index (κ2) is 6.42. The van der Waals surface area contributed by atoms with Crippen LogP contribution in [0.2, 0.25) is 0 Å². The van der Waals surface area contributed by atoms with Gasteiger partial charge in [-0.05, 0) is 46.5 Å². The lowest BCUT2D eigenvalue weighted by Gasteiger charge is -2.50. The van der Waals surface area contributed by atoms with Gasteiger partial charge in [0.15, 0.2) is 0 Å². The number of amides is 1. The molecule has 2 N–H and O–H groups in total. The Bertz CT molecular complexity index is 628. The third-order valence-electron chi connectivity index (χ3n) is 5.22. The maximum Gasteiger partial charge on any atom is 0.410 e. The zero-order valence-electron chi connectivity index (χ0n) is 14.9. The fraction of sp³-hybridized carbons (Fsp3) is 0.875. The van der Waals surface area contributed by atoms with Gasteiger partial charge in [-0.2, -0.15) is 0 Å². The second-order valence-electron chi connectivity index (χ2n) is 8.04. The van der Waals surface area contributed by atoms with Crippen molar-refractivity contribution in [2.45, 2.75) is 57.7 Å². The van der Waals surface area contributed by atoms with Gasteiger partial charge >= 0.3 is 12.1 Å². The van der Waals surface area contributed by atoms with E-state index in [0.717, 1.165) is 0 Å². The monoisotopic (exact) mass is 377 g/mol. The summed E-state index contributed by atoms with van der Waals surface area (Å²) in [6.07, 6.45) is -0.538. The van der Waals surface area contributed by atoms with Gasteiger partial charge in [0.2, 0.25) is 0 Å². The SMILES string of the molecule is CC(C)(C)OC(=O)N1CCC(O)(C2(C(=O)O)CCS(=O)(=O)CC2)CC1. The van der Waals surface area contributed by atoms with Crippen molar-refractivity contribution in [3.63, 3.8) is 0 Å². The molecule has 2 saturated heterocycles. The summed E-state index contributed by atoms with van der Waals surface area (Å²) in [5.74, 6) is -1.65. The highest BCUT2D eigenvalue weighted by molar-refractivity contribution is 7.91. The molecule has 9 heteroatoms. The van der Waals surface area contributed by atoms with Crippen molar-refractivity contribution in [3.8, 4) is 0 Å². The largest absolute Gasteiger partial charge is 0.481 e. The molecule has 2 rings (SSSR count). The van der Waals surface area contributed by atoms with Gasteiger partial charge in [-0.15, -0.1) is 0 Å². The van der Waals surface area contributed by atoms with Crippen LogP contribution < -0.4 is 0 Å². The van der Waals surface area contributed by atoms with E-state index in [2.05, 4.69) is 0 Å². The molecule has 2 aliphatic rings. The average Bonchev–Trinajstić information content (AvgIpc) is 2.45. The van der Waals surface area contributed by atoms with Crippen molar-refractivity contribution in [1.82, 2.24) is 4.90 Å². The quantitative estimate of drug-likeness (QED) is 0.737. The van der Waals surface area contributed by atoms with E-state index in [1.807, 2.05) is 0 Å². The molecule has 0 aliphatic carbocycles. The number of sulfone groups is 1. The highest BCUT2D eigenvalue weighted by Crippen LogP contribution is 2.47. The summed E-state index contributed by atoms with van der Waals surface area (Å²) in [5.41, 5.74) is -3.66. The zero-order valence-corrected chi connectivity index (χ0v) is 15.8. The van der Waals surface area contributed by atoms with Gasteiger partial charge in [0.1, 0.15) is 15.4 Å². The summed E-state index contributed by atoms with van der Waals surface area (Å²) < 4.78 is 28.7. The van der Waals surface area contributed by atoms with Crippen molar-refractivity contribution in [1.29, 1.82) is 0 Å². The van der Waals surface area contributed by atoms with Crippen LogP contribution in [0.15, 0.2) is 0 Å². The number of hydrogen-bond acceptors (Lipinski definition) is 6. The zero-order chi connectivity index (χ0) is 19.1. The first-order valence-corrected chi connectivity index (χ1v) is 10.3. The van der Waals surface area contributed by atoms with Crippen LogP contribution in [-0.2, 0) is 19.4 Å². The number of carbonyl (C=O) groups excluding carboxylic acids is 1. The number of nitrogens with zero attached hydrogens (tertiary/aromatic N) is 1. The molecule has 0 saturated carbocycles. The van der Waals surface area contributed by atoms with Gasteiger partial charge in [0.05, 0.1) is 22.5 Å². The fourth-order valence-corrected chi connectivity index (χ4v) is 5.15. The Labute approximate surface area is 148 Å². The second-order valence-corrected chi connectivity index (χ2v) is 10.3. The molecular formula is C16H27NO7S. The maximum atomic E-state index is 12.1. The van der Waals surface area contributed by atoms with E-state index >= 15 is 0 Å². The Hall–Kier alpha value is -1.35. The lowest BCUT2D eigenvalue weighted by molar-refractivity contribution is -0.178. The lowest BCUT2D eigenvalue weighted by atomic mass is 9.63. The molecule has 0 bridgehead atoms. The minimum Gasteiger partial charge on any atom is -0.481 e. The van der Waals surface area contributed by atoms with Crippen molar-refractivity contribution in [2.24, 2.45) is 5.41 Å². The van der Waals surface area contributed by atoms with Gasteiger partial charge in [-0.25, -0.2) is 13.2 Å². The van der Waals surface area contributed by atoms with Crippen LogP contribution in [0.5, 0.6) is 0 Å². The number of likely N-dealkylation sites (tertiary alicyclic amines) is 1. The molecule has 1 amide bonds. The number of aliphatic hydroxyl groups is 1. The van der Waals surface area contributed by atoms with Gasteiger partial charge in [-0.1, -0.05) is 0 Å². The first-order chi connectivity index (χ1) is 11.3. The molecule has 2 aliphatic heterocycles. The van der Waals surface area contributed by atoms with Gasteiger partial charge in [0.25, 0.3) is 0 Å². The molecule has 2 heterocycles. The van der Waals surface area contributed by atoms with E-state index in [0.29, 0.717) is 0 Å². The van der Waals surface area contributed by atoms with E-state index in [1.54, 1.807) is 20.8 Å². The summed E-state index contributed by atoms with van der Waals surface area (Å²) in [5, 5.41) is 20.8. The van der Waals surface area contributed by atoms with E-state index in [9.17, 15) is 28.2 Å². The number of carbonyl (C=O) groups is 2. The van der Waals surface area contributed by atoms with E-state index in [-0.39, 0.29) is 50.3 Å². The Morgan fingerprint density at radius 3 is 1.92 bits per heavy atom. The highest BCUT2D eigenvalue weighted by Gasteiger charge is 2.58. The number of ether oxygens (including phenoxy) is 1. The van der Waals surface area contributed by atoms with Crippen LogP contribution in [-0.4, -0.2) is 71.4 Å². The predicted molar refractivity (Wildman–Crippen MR) is 89.9 cm³/mol. The van der Waals surface area contributed by atoms with Crippen molar-refractivity contribution in [2.75, 3.05) is 24.6 Å². The smallest absolute Gasteiger partial charge is 0.410 e. The van der Waals surface area contributed by atoms with Crippen LogP contribution in [0.3, 0.4) is 0 Å². The van der Waals surface area contributed by atoms with Crippen LogP contribution >= 0.6 is 0 Å². The minimum absolute atomic E-state index is 0.0819. The minimum atomic E-state index is -3.26. The van der Waals surface area contributed by atoms with Crippen molar-refractivity contribution in [3.05, 3.63) is 0 Å².